The predicted molar refractivity (Wildman–Crippen MR) is 93.8 cm³/mol. The smallest absolute Gasteiger partial charge is 0.277 e. The molecule has 2 heterocycles. The number of hydrogen-bond donors (Lipinski definition) is 2. The van der Waals surface area contributed by atoms with Crippen molar-refractivity contribution in [2.45, 2.75) is 63.5 Å². The fourth-order valence-electron chi connectivity index (χ4n) is 3.79. The van der Waals surface area contributed by atoms with Crippen LogP contribution >= 0.6 is 0 Å². The van der Waals surface area contributed by atoms with Crippen LogP contribution in [0, 0.1) is 0 Å². The number of nitrogens with zero attached hydrogens (tertiary/aromatic N) is 1. The lowest BCUT2D eigenvalue weighted by Crippen LogP contribution is -2.45. The molecule has 1 unspecified atom stereocenters. The van der Waals surface area contributed by atoms with Crippen LogP contribution in [-0.2, 0) is 10.2 Å². The van der Waals surface area contributed by atoms with E-state index in [0.717, 1.165) is 57.4 Å². The van der Waals surface area contributed by atoms with Crippen molar-refractivity contribution in [2.75, 3.05) is 19.6 Å². The Kier molecular flexibility index (Phi) is 6.32. The number of furan rings is 1. The van der Waals surface area contributed by atoms with Crippen LogP contribution in [0.2, 0.25) is 0 Å². The molecular weight excluding hydrogens is 326 g/mol. The summed E-state index contributed by atoms with van der Waals surface area (Å²) in [6.07, 6.45) is 10.6. The van der Waals surface area contributed by atoms with E-state index in [2.05, 4.69) is 14.3 Å². The van der Waals surface area contributed by atoms with Gasteiger partial charge in [-0.25, -0.2) is 4.72 Å². The van der Waals surface area contributed by atoms with Crippen molar-refractivity contribution in [3.63, 3.8) is 0 Å². The Bertz CT molecular complexity index is 574. The molecule has 1 saturated carbocycles. The predicted octanol–water partition coefficient (Wildman–Crippen LogP) is 2.56. The average molecular weight is 356 g/mol. The third-order valence-electron chi connectivity index (χ3n) is 5.10. The van der Waals surface area contributed by atoms with Gasteiger partial charge < -0.3 is 4.42 Å². The molecule has 24 heavy (non-hydrogen) atoms. The van der Waals surface area contributed by atoms with Crippen molar-refractivity contribution < 1.29 is 12.8 Å². The summed E-state index contributed by atoms with van der Waals surface area (Å²) in [4.78, 5) is 2.35. The van der Waals surface area contributed by atoms with E-state index in [1.165, 1.54) is 12.8 Å². The van der Waals surface area contributed by atoms with Gasteiger partial charge in [0, 0.05) is 12.6 Å². The minimum absolute atomic E-state index is 0.0433. The first-order valence-electron chi connectivity index (χ1n) is 9.18. The van der Waals surface area contributed by atoms with E-state index >= 15 is 0 Å². The molecule has 3 rings (SSSR count). The van der Waals surface area contributed by atoms with Crippen LogP contribution in [0.25, 0.3) is 0 Å². The second-order valence-corrected chi connectivity index (χ2v) is 8.46. The molecule has 1 aromatic heterocycles. The molecule has 0 amide bonds. The van der Waals surface area contributed by atoms with Crippen LogP contribution in [0.4, 0.5) is 0 Å². The Hall–Kier alpha value is -0.890. The molecular formula is C17H29N3O3S. The number of likely N-dealkylation sites (tertiary alicyclic amines) is 1. The van der Waals surface area contributed by atoms with Crippen molar-refractivity contribution in [3.05, 3.63) is 24.2 Å². The standard InChI is InChI=1S/C17H29N3O3S/c21-24(22,19-15-8-3-4-9-15)18-14-16(17-10-7-13-23-17)20-11-5-1-2-6-12-20/h7,10,13,15-16,18-19H,1-6,8-9,11-12,14H2. The molecule has 1 aliphatic carbocycles. The largest absolute Gasteiger partial charge is 0.468 e. The Labute approximate surface area is 145 Å². The molecule has 0 aromatic carbocycles. The summed E-state index contributed by atoms with van der Waals surface area (Å²) in [6.45, 7) is 2.32. The fraction of sp³-hybridized carbons (Fsp3) is 0.765. The lowest BCUT2D eigenvalue weighted by atomic mass is 10.2. The monoisotopic (exact) mass is 355 g/mol. The molecule has 1 aliphatic heterocycles. The summed E-state index contributed by atoms with van der Waals surface area (Å²) in [7, 11) is -3.47. The summed E-state index contributed by atoms with van der Waals surface area (Å²) in [5.41, 5.74) is 0. The second kappa shape index (κ2) is 8.47. The SMILES string of the molecule is O=S(=O)(NCC(c1ccco1)N1CCCCCC1)NC1CCCC1. The minimum atomic E-state index is -3.47. The number of hydrogen-bond acceptors (Lipinski definition) is 4. The highest BCUT2D eigenvalue weighted by atomic mass is 32.2. The summed E-state index contributed by atoms with van der Waals surface area (Å²) in [5.74, 6) is 0.834. The first-order valence-corrected chi connectivity index (χ1v) is 10.7. The van der Waals surface area contributed by atoms with E-state index in [1.807, 2.05) is 12.1 Å². The summed E-state index contributed by atoms with van der Waals surface area (Å²) >= 11 is 0. The van der Waals surface area contributed by atoms with Crippen molar-refractivity contribution in [1.29, 1.82) is 0 Å². The third-order valence-corrected chi connectivity index (χ3v) is 6.29. The van der Waals surface area contributed by atoms with E-state index in [0.29, 0.717) is 6.54 Å². The second-order valence-electron chi connectivity index (χ2n) is 6.93. The van der Waals surface area contributed by atoms with Crippen LogP contribution in [0.3, 0.4) is 0 Å². The Morgan fingerprint density at radius 2 is 1.83 bits per heavy atom. The van der Waals surface area contributed by atoms with Crippen LogP contribution in [0.15, 0.2) is 22.8 Å². The first kappa shape index (κ1) is 17.9. The zero-order valence-electron chi connectivity index (χ0n) is 14.2. The van der Waals surface area contributed by atoms with Crippen LogP contribution in [-0.4, -0.2) is 39.0 Å². The Morgan fingerprint density at radius 3 is 2.46 bits per heavy atom. The van der Waals surface area contributed by atoms with E-state index in [1.54, 1.807) is 6.26 Å². The zero-order valence-corrected chi connectivity index (χ0v) is 15.1. The van der Waals surface area contributed by atoms with Gasteiger partial charge in [0.1, 0.15) is 5.76 Å². The number of nitrogens with one attached hydrogen (secondary N) is 2. The summed E-state index contributed by atoms with van der Waals surface area (Å²) in [5, 5.41) is 0. The molecule has 1 aromatic rings. The van der Waals surface area contributed by atoms with E-state index in [4.69, 9.17) is 4.42 Å². The Balaban J connectivity index is 1.63. The molecule has 6 nitrogen and oxygen atoms in total. The highest BCUT2D eigenvalue weighted by molar-refractivity contribution is 7.87. The van der Waals surface area contributed by atoms with Crippen LogP contribution in [0.5, 0.6) is 0 Å². The maximum atomic E-state index is 12.3. The van der Waals surface area contributed by atoms with Crippen molar-refractivity contribution >= 4 is 10.2 Å². The van der Waals surface area contributed by atoms with Crippen LogP contribution in [0.1, 0.15) is 63.2 Å². The highest BCUT2D eigenvalue weighted by Crippen LogP contribution is 2.24. The normalized spacial score (nSPS) is 22.5. The van der Waals surface area contributed by atoms with E-state index in [-0.39, 0.29) is 12.1 Å². The van der Waals surface area contributed by atoms with Gasteiger partial charge in [0.15, 0.2) is 0 Å². The Morgan fingerprint density at radius 1 is 1.12 bits per heavy atom. The van der Waals surface area contributed by atoms with Gasteiger partial charge >= 0.3 is 0 Å². The van der Waals surface area contributed by atoms with Gasteiger partial charge in [0.05, 0.1) is 12.3 Å². The van der Waals surface area contributed by atoms with E-state index in [9.17, 15) is 8.42 Å². The summed E-state index contributed by atoms with van der Waals surface area (Å²) < 4.78 is 35.8. The van der Waals surface area contributed by atoms with Crippen LogP contribution < -0.4 is 9.44 Å². The molecule has 1 saturated heterocycles. The zero-order chi connectivity index (χ0) is 16.8. The molecule has 0 bridgehead atoms. The third kappa shape index (κ3) is 5.05. The first-order chi connectivity index (χ1) is 11.6. The molecule has 136 valence electrons. The maximum absolute atomic E-state index is 12.3. The lowest BCUT2D eigenvalue weighted by Gasteiger charge is -2.29. The van der Waals surface area contributed by atoms with Gasteiger partial charge in [-0.15, -0.1) is 0 Å². The maximum Gasteiger partial charge on any atom is 0.277 e. The minimum Gasteiger partial charge on any atom is -0.468 e. The quantitative estimate of drug-likeness (QED) is 0.788. The highest BCUT2D eigenvalue weighted by Gasteiger charge is 2.27. The molecule has 0 radical (unpaired) electrons. The molecule has 2 N–H and O–H groups in total. The van der Waals surface area contributed by atoms with Gasteiger partial charge in [-0.05, 0) is 50.9 Å². The average Bonchev–Trinajstić information content (AvgIpc) is 3.18. The van der Waals surface area contributed by atoms with Gasteiger partial charge in [-0.3, -0.25) is 4.90 Å². The van der Waals surface area contributed by atoms with Crippen molar-refractivity contribution in [3.8, 4) is 0 Å². The molecule has 7 heteroatoms. The van der Waals surface area contributed by atoms with E-state index < -0.39 is 10.2 Å². The van der Waals surface area contributed by atoms with Gasteiger partial charge in [0.2, 0.25) is 0 Å². The lowest BCUT2D eigenvalue weighted by molar-refractivity contribution is 0.182. The molecule has 0 spiro atoms. The van der Waals surface area contributed by atoms with Gasteiger partial charge in [-0.2, -0.15) is 13.1 Å². The topological polar surface area (TPSA) is 74.6 Å². The fourth-order valence-corrected chi connectivity index (χ4v) is 4.93. The molecule has 2 fully saturated rings. The molecule has 2 aliphatic rings. The van der Waals surface area contributed by atoms with Gasteiger partial charge in [-0.1, -0.05) is 25.7 Å². The number of rotatable bonds is 7. The van der Waals surface area contributed by atoms with Gasteiger partial charge in [0.25, 0.3) is 10.2 Å². The molecule has 1 atom stereocenters. The van der Waals surface area contributed by atoms with Crippen molar-refractivity contribution in [1.82, 2.24) is 14.3 Å². The van der Waals surface area contributed by atoms with Crippen molar-refractivity contribution in [2.24, 2.45) is 0 Å². The summed E-state index contributed by atoms with van der Waals surface area (Å²) in [6, 6.07) is 3.85.